The minimum absolute atomic E-state index is 0.101. The van der Waals surface area contributed by atoms with Crippen molar-refractivity contribution in [1.82, 2.24) is 15.5 Å². The Kier molecular flexibility index (Phi) is 4.33. The van der Waals surface area contributed by atoms with Gasteiger partial charge in [-0.2, -0.15) is 0 Å². The lowest BCUT2D eigenvalue weighted by atomic mass is 10.0. The van der Waals surface area contributed by atoms with Crippen LogP contribution in [0.1, 0.15) is 33.1 Å². The Morgan fingerprint density at radius 1 is 1.40 bits per heavy atom. The van der Waals surface area contributed by atoms with Crippen LogP contribution >= 0.6 is 0 Å². The van der Waals surface area contributed by atoms with Crippen LogP contribution in [0.4, 0.5) is 6.01 Å². The Balaban J connectivity index is 1.90. The number of anilines is 1. The summed E-state index contributed by atoms with van der Waals surface area (Å²) < 4.78 is 28.5. The third-order valence-corrected chi connectivity index (χ3v) is 5.11. The zero-order valence-electron chi connectivity index (χ0n) is 12.1. The highest BCUT2D eigenvalue weighted by atomic mass is 32.2. The van der Waals surface area contributed by atoms with Gasteiger partial charge in [-0.15, -0.1) is 5.10 Å². The molecule has 0 aliphatic carbocycles. The third-order valence-electron chi connectivity index (χ3n) is 3.21. The molecule has 1 unspecified atom stereocenters. The SMILES string of the molecule is CC(C)CNCc1nnc(NC2(C)CCS(=O)(=O)C2)o1. The smallest absolute Gasteiger partial charge is 0.315 e. The third kappa shape index (κ3) is 4.17. The molecule has 0 amide bonds. The van der Waals surface area contributed by atoms with Crippen LogP contribution in [0.5, 0.6) is 0 Å². The summed E-state index contributed by atoms with van der Waals surface area (Å²) in [6, 6.07) is 0.283. The van der Waals surface area contributed by atoms with Crippen molar-refractivity contribution in [1.29, 1.82) is 0 Å². The average molecular weight is 302 g/mol. The number of sulfone groups is 1. The first-order chi connectivity index (χ1) is 9.28. The van der Waals surface area contributed by atoms with Gasteiger partial charge >= 0.3 is 6.01 Å². The molecule has 1 aliphatic rings. The second-order valence-electron chi connectivity index (χ2n) is 6.05. The predicted octanol–water partition coefficient (Wildman–Crippen LogP) is 0.804. The molecule has 7 nitrogen and oxygen atoms in total. The first-order valence-electron chi connectivity index (χ1n) is 6.80. The molecule has 0 spiro atoms. The van der Waals surface area contributed by atoms with Gasteiger partial charge in [0.25, 0.3) is 0 Å². The van der Waals surface area contributed by atoms with E-state index in [1.807, 2.05) is 6.92 Å². The summed E-state index contributed by atoms with van der Waals surface area (Å²) in [6.45, 7) is 7.49. The lowest BCUT2D eigenvalue weighted by molar-refractivity contribution is 0.447. The van der Waals surface area contributed by atoms with E-state index in [-0.39, 0.29) is 17.5 Å². The lowest BCUT2D eigenvalue weighted by Crippen LogP contribution is -2.36. The van der Waals surface area contributed by atoms with E-state index in [1.165, 1.54) is 0 Å². The lowest BCUT2D eigenvalue weighted by Gasteiger charge is -2.21. The van der Waals surface area contributed by atoms with E-state index >= 15 is 0 Å². The van der Waals surface area contributed by atoms with Crippen LogP contribution in [-0.2, 0) is 16.4 Å². The van der Waals surface area contributed by atoms with Gasteiger partial charge in [0.05, 0.1) is 23.6 Å². The highest BCUT2D eigenvalue weighted by molar-refractivity contribution is 7.91. The van der Waals surface area contributed by atoms with Gasteiger partial charge in [-0.25, -0.2) is 8.42 Å². The number of aromatic nitrogens is 2. The molecular weight excluding hydrogens is 280 g/mol. The summed E-state index contributed by atoms with van der Waals surface area (Å²) in [6.07, 6.45) is 0.554. The maximum Gasteiger partial charge on any atom is 0.315 e. The molecule has 0 saturated carbocycles. The molecule has 0 bridgehead atoms. The molecule has 20 heavy (non-hydrogen) atoms. The topological polar surface area (TPSA) is 97.1 Å². The molecule has 1 aromatic heterocycles. The molecule has 2 N–H and O–H groups in total. The van der Waals surface area contributed by atoms with Crippen LogP contribution in [0.25, 0.3) is 0 Å². The van der Waals surface area contributed by atoms with Crippen molar-refractivity contribution in [2.24, 2.45) is 5.92 Å². The molecule has 0 radical (unpaired) electrons. The Bertz CT molecular complexity index is 555. The summed E-state index contributed by atoms with van der Waals surface area (Å²) in [5, 5.41) is 14.1. The van der Waals surface area contributed by atoms with E-state index in [1.54, 1.807) is 0 Å². The van der Waals surface area contributed by atoms with Gasteiger partial charge in [-0.1, -0.05) is 18.9 Å². The number of hydrogen-bond acceptors (Lipinski definition) is 7. The highest BCUT2D eigenvalue weighted by Crippen LogP contribution is 2.26. The Morgan fingerprint density at radius 3 is 2.75 bits per heavy atom. The van der Waals surface area contributed by atoms with E-state index in [0.717, 1.165) is 6.54 Å². The van der Waals surface area contributed by atoms with E-state index in [2.05, 4.69) is 34.7 Å². The normalized spacial score (nSPS) is 25.2. The fraction of sp³-hybridized carbons (Fsp3) is 0.833. The molecule has 2 heterocycles. The second-order valence-corrected chi connectivity index (χ2v) is 8.24. The van der Waals surface area contributed by atoms with Gasteiger partial charge < -0.3 is 15.1 Å². The van der Waals surface area contributed by atoms with Gasteiger partial charge in [-0.05, 0) is 25.8 Å². The molecule has 1 saturated heterocycles. The zero-order valence-corrected chi connectivity index (χ0v) is 13.0. The molecule has 1 fully saturated rings. The minimum atomic E-state index is -2.96. The molecule has 1 aromatic rings. The molecule has 8 heteroatoms. The van der Waals surface area contributed by atoms with Crippen LogP contribution in [0, 0.1) is 5.92 Å². The van der Waals surface area contributed by atoms with E-state index < -0.39 is 15.4 Å². The first kappa shape index (κ1) is 15.2. The number of rotatable bonds is 6. The highest BCUT2D eigenvalue weighted by Gasteiger charge is 2.39. The summed E-state index contributed by atoms with van der Waals surface area (Å²) in [5.74, 6) is 1.35. The van der Waals surface area contributed by atoms with Crippen molar-refractivity contribution in [3.63, 3.8) is 0 Å². The summed E-state index contributed by atoms with van der Waals surface area (Å²) >= 11 is 0. The van der Waals surface area contributed by atoms with Crippen molar-refractivity contribution in [2.45, 2.75) is 39.3 Å². The molecule has 2 rings (SSSR count). The van der Waals surface area contributed by atoms with Gasteiger partial charge in [0.1, 0.15) is 0 Å². The minimum Gasteiger partial charge on any atom is -0.407 e. The molecule has 1 atom stereocenters. The quantitative estimate of drug-likeness (QED) is 0.802. The Morgan fingerprint density at radius 2 is 2.15 bits per heavy atom. The number of nitrogens with one attached hydrogen (secondary N) is 2. The van der Waals surface area contributed by atoms with Crippen LogP contribution in [0.15, 0.2) is 4.42 Å². The second kappa shape index (κ2) is 5.69. The van der Waals surface area contributed by atoms with Crippen LogP contribution in [-0.4, -0.2) is 42.2 Å². The Labute approximate surface area is 119 Å². The maximum absolute atomic E-state index is 11.5. The Hall–Kier alpha value is -1.15. The van der Waals surface area contributed by atoms with Crippen LogP contribution < -0.4 is 10.6 Å². The van der Waals surface area contributed by atoms with Gasteiger partial charge in [-0.3, -0.25) is 0 Å². The fourth-order valence-corrected chi connectivity index (χ4v) is 4.30. The van der Waals surface area contributed by atoms with Gasteiger partial charge in [0.2, 0.25) is 5.89 Å². The standard InChI is InChI=1S/C12H22N4O3S/c1-9(2)6-13-7-10-15-16-11(19-10)14-12(3)4-5-20(17,18)8-12/h9,13H,4-8H2,1-3H3,(H,14,16). The largest absolute Gasteiger partial charge is 0.407 e. The van der Waals surface area contributed by atoms with E-state index in [4.69, 9.17) is 4.42 Å². The van der Waals surface area contributed by atoms with Crippen LogP contribution in [0.2, 0.25) is 0 Å². The number of nitrogens with zero attached hydrogens (tertiary/aromatic N) is 2. The number of hydrogen-bond donors (Lipinski definition) is 2. The molecule has 0 aromatic carbocycles. The van der Waals surface area contributed by atoms with Crippen molar-refractivity contribution < 1.29 is 12.8 Å². The molecule has 1 aliphatic heterocycles. The fourth-order valence-electron chi connectivity index (χ4n) is 2.21. The van der Waals surface area contributed by atoms with E-state index in [0.29, 0.717) is 24.8 Å². The predicted molar refractivity (Wildman–Crippen MR) is 76.1 cm³/mol. The average Bonchev–Trinajstić information content (AvgIpc) is 2.83. The first-order valence-corrected chi connectivity index (χ1v) is 8.62. The molecule has 114 valence electrons. The van der Waals surface area contributed by atoms with Crippen molar-refractivity contribution >= 4 is 15.9 Å². The van der Waals surface area contributed by atoms with E-state index in [9.17, 15) is 8.42 Å². The van der Waals surface area contributed by atoms with Crippen LogP contribution in [0.3, 0.4) is 0 Å². The zero-order chi connectivity index (χ0) is 14.8. The van der Waals surface area contributed by atoms with Gasteiger partial charge in [0.15, 0.2) is 9.84 Å². The van der Waals surface area contributed by atoms with Crippen molar-refractivity contribution in [3.05, 3.63) is 5.89 Å². The molecular formula is C12H22N4O3S. The monoisotopic (exact) mass is 302 g/mol. The van der Waals surface area contributed by atoms with Crippen molar-refractivity contribution in [3.8, 4) is 0 Å². The summed E-state index contributed by atoms with van der Waals surface area (Å²) in [7, 11) is -2.96. The van der Waals surface area contributed by atoms with Crippen molar-refractivity contribution in [2.75, 3.05) is 23.4 Å². The van der Waals surface area contributed by atoms with Gasteiger partial charge in [0, 0.05) is 0 Å². The summed E-state index contributed by atoms with van der Waals surface area (Å²) in [5.41, 5.74) is -0.520. The summed E-state index contributed by atoms with van der Waals surface area (Å²) in [4.78, 5) is 0. The maximum atomic E-state index is 11.5.